The topological polar surface area (TPSA) is 85.9 Å². The summed E-state index contributed by atoms with van der Waals surface area (Å²) in [5.41, 5.74) is 9.51. The number of anilines is 1. The van der Waals surface area contributed by atoms with Crippen molar-refractivity contribution >= 4 is 17.4 Å². The molecular weight excluding hydrogens is 330 g/mol. The SMILES string of the molecule is CCOc1ccc(C(=O)N=C(N)c2ccc3c(c2)CCN3)cc1OCC.[HH]. The van der Waals surface area contributed by atoms with Crippen LogP contribution in [0.3, 0.4) is 0 Å². The van der Waals surface area contributed by atoms with Crippen LogP contribution in [0, 0.1) is 0 Å². The first kappa shape index (κ1) is 17.8. The second kappa shape index (κ2) is 7.91. The minimum Gasteiger partial charge on any atom is -0.490 e. The number of hydrogen-bond donors (Lipinski definition) is 2. The molecule has 2 aromatic carbocycles. The molecule has 3 N–H and O–H groups in total. The van der Waals surface area contributed by atoms with E-state index in [1.165, 1.54) is 5.56 Å². The minimum absolute atomic E-state index is 0. The summed E-state index contributed by atoms with van der Waals surface area (Å²) in [7, 11) is 0. The summed E-state index contributed by atoms with van der Waals surface area (Å²) in [6, 6.07) is 10.8. The molecule has 0 saturated carbocycles. The van der Waals surface area contributed by atoms with Crippen LogP contribution in [0.1, 0.15) is 36.8 Å². The van der Waals surface area contributed by atoms with E-state index in [2.05, 4.69) is 10.3 Å². The van der Waals surface area contributed by atoms with E-state index in [0.29, 0.717) is 30.3 Å². The molecule has 0 spiro atoms. The predicted octanol–water partition coefficient (Wildman–Crippen LogP) is 3.24. The molecule has 1 aliphatic rings. The van der Waals surface area contributed by atoms with Crippen LogP contribution in [-0.2, 0) is 6.42 Å². The summed E-state index contributed by atoms with van der Waals surface area (Å²) >= 11 is 0. The van der Waals surface area contributed by atoms with Gasteiger partial charge in [-0.05, 0) is 62.2 Å². The van der Waals surface area contributed by atoms with Crippen molar-refractivity contribution < 1.29 is 15.7 Å². The number of hydrogen-bond acceptors (Lipinski definition) is 4. The maximum Gasteiger partial charge on any atom is 0.279 e. The van der Waals surface area contributed by atoms with Crippen LogP contribution < -0.4 is 20.5 Å². The number of carbonyl (C=O) groups is 1. The molecule has 0 saturated heterocycles. The van der Waals surface area contributed by atoms with Crippen LogP contribution in [0.2, 0.25) is 0 Å². The number of nitrogens with zero attached hydrogens (tertiary/aromatic N) is 1. The highest BCUT2D eigenvalue weighted by atomic mass is 16.5. The third-order valence-electron chi connectivity index (χ3n) is 4.12. The second-order valence-electron chi connectivity index (χ2n) is 5.88. The molecule has 1 heterocycles. The molecule has 0 bridgehead atoms. The predicted molar refractivity (Wildman–Crippen MR) is 105 cm³/mol. The third kappa shape index (κ3) is 3.79. The summed E-state index contributed by atoms with van der Waals surface area (Å²) in [6.45, 7) is 5.69. The lowest BCUT2D eigenvalue weighted by Crippen LogP contribution is -2.16. The van der Waals surface area contributed by atoms with E-state index >= 15 is 0 Å². The standard InChI is InChI=1S/C20H23N3O3.H2/c1-3-25-17-8-6-15(12-18(17)26-4-2)20(24)23-19(21)14-5-7-16-13(11-14)9-10-22-16;/h5-8,11-12,22H,3-4,9-10H2,1-2H3,(H2,21,23,24);1H. The number of benzene rings is 2. The molecule has 6 heteroatoms. The average Bonchev–Trinajstić information content (AvgIpc) is 3.11. The van der Waals surface area contributed by atoms with E-state index in [1.54, 1.807) is 18.2 Å². The van der Waals surface area contributed by atoms with Gasteiger partial charge in [0.2, 0.25) is 0 Å². The van der Waals surface area contributed by atoms with Crippen molar-refractivity contribution in [1.29, 1.82) is 0 Å². The van der Waals surface area contributed by atoms with Crippen LogP contribution in [0.4, 0.5) is 5.69 Å². The van der Waals surface area contributed by atoms with Gasteiger partial charge in [0.25, 0.3) is 5.91 Å². The van der Waals surface area contributed by atoms with Crippen LogP contribution in [0.25, 0.3) is 0 Å². The molecule has 0 radical (unpaired) electrons. The van der Waals surface area contributed by atoms with Crippen LogP contribution in [0.15, 0.2) is 41.4 Å². The summed E-state index contributed by atoms with van der Waals surface area (Å²) in [5, 5.41) is 3.29. The molecule has 0 atom stereocenters. The normalized spacial score (nSPS) is 13.1. The van der Waals surface area contributed by atoms with Gasteiger partial charge in [-0.3, -0.25) is 4.79 Å². The lowest BCUT2D eigenvalue weighted by atomic mass is 10.1. The molecule has 0 aliphatic carbocycles. The van der Waals surface area contributed by atoms with Crippen LogP contribution >= 0.6 is 0 Å². The highest BCUT2D eigenvalue weighted by molar-refractivity contribution is 6.09. The van der Waals surface area contributed by atoms with Gasteiger partial charge >= 0.3 is 0 Å². The fourth-order valence-corrected chi connectivity index (χ4v) is 2.89. The van der Waals surface area contributed by atoms with Gasteiger partial charge < -0.3 is 20.5 Å². The van der Waals surface area contributed by atoms with Gasteiger partial charge in [0, 0.05) is 24.8 Å². The van der Waals surface area contributed by atoms with Crippen molar-refractivity contribution in [3.05, 3.63) is 53.1 Å². The van der Waals surface area contributed by atoms with Gasteiger partial charge in [0.05, 0.1) is 13.2 Å². The zero-order valence-corrected chi connectivity index (χ0v) is 15.0. The first-order valence-corrected chi connectivity index (χ1v) is 8.77. The lowest BCUT2D eigenvalue weighted by Gasteiger charge is -2.11. The zero-order chi connectivity index (χ0) is 18.5. The first-order chi connectivity index (χ1) is 12.6. The van der Waals surface area contributed by atoms with Crippen molar-refractivity contribution in [1.82, 2.24) is 0 Å². The Kier molecular flexibility index (Phi) is 5.41. The number of amides is 1. The Morgan fingerprint density at radius 1 is 1.12 bits per heavy atom. The molecule has 2 aromatic rings. The number of nitrogens with one attached hydrogen (secondary N) is 1. The fourth-order valence-electron chi connectivity index (χ4n) is 2.89. The van der Waals surface area contributed by atoms with Gasteiger partial charge in [0.1, 0.15) is 5.84 Å². The zero-order valence-electron chi connectivity index (χ0n) is 15.0. The third-order valence-corrected chi connectivity index (χ3v) is 4.12. The molecule has 26 heavy (non-hydrogen) atoms. The Labute approximate surface area is 154 Å². The maximum absolute atomic E-state index is 12.5. The highest BCUT2D eigenvalue weighted by Crippen LogP contribution is 2.29. The molecular formula is C20H25N3O3. The summed E-state index contributed by atoms with van der Waals surface area (Å²) < 4.78 is 11.1. The quantitative estimate of drug-likeness (QED) is 0.614. The van der Waals surface area contributed by atoms with E-state index < -0.39 is 5.91 Å². The Balaban J connectivity index is 0.00000261. The first-order valence-electron chi connectivity index (χ1n) is 8.77. The molecule has 0 unspecified atom stereocenters. The Morgan fingerprint density at radius 3 is 2.62 bits per heavy atom. The molecule has 138 valence electrons. The second-order valence-corrected chi connectivity index (χ2v) is 5.88. The lowest BCUT2D eigenvalue weighted by molar-refractivity contribution is 0.100. The summed E-state index contributed by atoms with van der Waals surface area (Å²) in [6.07, 6.45) is 0.945. The van der Waals surface area contributed by atoms with E-state index in [4.69, 9.17) is 15.2 Å². The van der Waals surface area contributed by atoms with Gasteiger partial charge in [-0.1, -0.05) is 0 Å². The Morgan fingerprint density at radius 2 is 1.85 bits per heavy atom. The van der Waals surface area contributed by atoms with E-state index in [-0.39, 0.29) is 7.26 Å². The average molecular weight is 355 g/mol. The van der Waals surface area contributed by atoms with E-state index in [9.17, 15) is 4.79 Å². The van der Waals surface area contributed by atoms with Crippen molar-refractivity contribution in [2.45, 2.75) is 20.3 Å². The maximum atomic E-state index is 12.5. The molecule has 1 amide bonds. The van der Waals surface area contributed by atoms with E-state index in [0.717, 1.165) is 24.2 Å². The number of amidine groups is 1. The van der Waals surface area contributed by atoms with Crippen molar-refractivity contribution in [2.24, 2.45) is 10.7 Å². The molecule has 6 nitrogen and oxygen atoms in total. The molecule has 0 aromatic heterocycles. The number of carbonyl (C=O) groups excluding carboxylic acids is 1. The number of ether oxygens (including phenoxy) is 2. The highest BCUT2D eigenvalue weighted by Gasteiger charge is 2.14. The minimum atomic E-state index is -0.412. The van der Waals surface area contributed by atoms with Crippen molar-refractivity contribution in [3.8, 4) is 11.5 Å². The van der Waals surface area contributed by atoms with Crippen LogP contribution in [0.5, 0.6) is 11.5 Å². The fraction of sp³-hybridized carbons (Fsp3) is 0.300. The van der Waals surface area contributed by atoms with Crippen LogP contribution in [-0.4, -0.2) is 31.5 Å². The number of aliphatic imine (C=N–C) groups is 1. The smallest absolute Gasteiger partial charge is 0.279 e. The van der Waals surface area contributed by atoms with E-state index in [1.807, 2.05) is 32.0 Å². The largest absolute Gasteiger partial charge is 0.490 e. The van der Waals surface area contributed by atoms with Gasteiger partial charge in [-0.15, -0.1) is 0 Å². The summed E-state index contributed by atoms with van der Waals surface area (Å²) in [4.78, 5) is 16.6. The Hall–Kier alpha value is -3.02. The van der Waals surface area contributed by atoms with Crippen molar-refractivity contribution in [3.63, 3.8) is 0 Å². The summed E-state index contributed by atoms with van der Waals surface area (Å²) in [5.74, 6) is 0.924. The Bertz CT molecular complexity index is 852. The van der Waals surface area contributed by atoms with Crippen molar-refractivity contribution in [2.75, 3.05) is 25.1 Å². The molecule has 1 aliphatic heterocycles. The number of nitrogens with two attached hydrogens (primary N) is 1. The number of rotatable bonds is 6. The molecule has 3 rings (SSSR count). The monoisotopic (exact) mass is 355 g/mol. The van der Waals surface area contributed by atoms with Gasteiger partial charge in [-0.25, -0.2) is 0 Å². The van der Waals surface area contributed by atoms with Gasteiger partial charge in [0.15, 0.2) is 11.5 Å². The van der Waals surface area contributed by atoms with Gasteiger partial charge in [-0.2, -0.15) is 4.99 Å². The molecule has 0 fully saturated rings. The number of fused-ring (bicyclic) bond motifs is 1.